The first-order chi connectivity index (χ1) is 13.5. The van der Waals surface area contributed by atoms with E-state index in [9.17, 15) is 4.79 Å². The standard InChI is InChI=1S/C20H22N4O4/c1-24(2)19(25)11-28-18-9-15-16(10-17(18)27-4)21-12-22-20(15)23-13-5-7-14(26-3)8-6-13/h5-10,12H,11H2,1-4H3,(H,21,22,23). The van der Waals surface area contributed by atoms with Gasteiger partial charge in [-0.25, -0.2) is 9.97 Å². The zero-order valence-corrected chi connectivity index (χ0v) is 16.2. The lowest BCUT2D eigenvalue weighted by Gasteiger charge is -2.15. The van der Waals surface area contributed by atoms with Crippen LogP contribution < -0.4 is 19.5 Å². The Hall–Kier alpha value is -3.55. The summed E-state index contributed by atoms with van der Waals surface area (Å²) in [6.07, 6.45) is 1.48. The smallest absolute Gasteiger partial charge is 0.259 e. The van der Waals surface area contributed by atoms with Gasteiger partial charge in [0.2, 0.25) is 0 Å². The van der Waals surface area contributed by atoms with Gasteiger partial charge in [0.15, 0.2) is 18.1 Å². The number of likely N-dealkylation sites (N-methyl/N-ethyl adjacent to an activating group) is 1. The summed E-state index contributed by atoms with van der Waals surface area (Å²) in [6, 6.07) is 11.0. The zero-order chi connectivity index (χ0) is 20.1. The second kappa shape index (κ2) is 8.43. The van der Waals surface area contributed by atoms with E-state index in [-0.39, 0.29) is 12.5 Å². The summed E-state index contributed by atoms with van der Waals surface area (Å²) in [5.41, 5.74) is 1.54. The molecule has 0 aliphatic heterocycles. The van der Waals surface area contributed by atoms with Crippen molar-refractivity contribution in [2.75, 3.05) is 40.2 Å². The number of hydrogen-bond donors (Lipinski definition) is 1. The first kappa shape index (κ1) is 19.2. The number of amides is 1. The minimum Gasteiger partial charge on any atom is -0.497 e. The number of methoxy groups -OCH3 is 2. The van der Waals surface area contributed by atoms with Gasteiger partial charge in [0.1, 0.15) is 17.9 Å². The molecule has 0 bridgehead atoms. The third kappa shape index (κ3) is 4.22. The van der Waals surface area contributed by atoms with E-state index in [1.165, 1.54) is 11.2 Å². The van der Waals surface area contributed by atoms with Crippen LogP contribution in [-0.4, -0.2) is 55.7 Å². The van der Waals surface area contributed by atoms with Gasteiger partial charge in [0.25, 0.3) is 5.91 Å². The summed E-state index contributed by atoms with van der Waals surface area (Å²) < 4.78 is 16.2. The molecule has 146 valence electrons. The van der Waals surface area contributed by atoms with Gasteiger partial charge in [-0.2, -0.15) is 0 Å². The summed E-state index contributed by atoms with van der Waals surface area (Å²) in [5.74, 6) is 2.17. The molecule has 0 saturated carbocycles. The molecule has 2 aromatic carbocycles. The van der Waals surface area contributed by atoms with Crippen molar-refractivity contribution < 1.29 is 19.0 Å². The third-order valence-electron chi connectivity index (χ3n) is 4.12. The number of fused-ring (bicyclic) bond motifs is 1. The van der Waals surface area contributed by atoms with Gasteiger partial charge in [-0.1, -0.05) is 0 Å². The first-order valence-corrected chi connectivity index (χ1v) is 8.58. The van der Waals surface area contributed by atoms with Crippen LogP contribution in [0.4, 0.5) is 11.5 Å². The van der Waals surface area contributed by atoms with E-state index in [2.05, 4.69) is 15.3 Å². The molecule has 0 radical (unpaired) electrons. The van der Waals surface area contributed by atoms with Gasteiger partial charge in [-0.15, -0.1) is 0 Å². The second-order valence-electron chi connectivity index (χ2n) is 6.17. The Labute approximate surface area is 163 Å². The van der Waals surface area contributed by atoms with Crippen LogP contribution in [0.2, 0.25) is 0 Å². The number of aromatic nitrogens is 2. The van der Waals surface area contributed by atoms with Crippen molar-refractivity contribution in [1.82, 2.24) is 14.9 Å². The maximum Gasteiger partial charge on any atom is 0.259 e. The molecular formula is C20H22N4O4. The van der Waals surface area contributed by atoms with Gasteiger partial charge in [0.05, 0.1) is 19.7 Å². The van der Waals surface area contributed by atoms with Crippen LogP contribution in [0, 0.1) is 0 Å². The van der Waals surface area contributed by atoms with Gasteiger partial charge in [-0.3, -0.25) is 4.79 Å². The van der Waals surface area contributed by atoms with Crippen LogP contribution in [0.15, 0.2) is 42.7 Å². The monoisotopic (exact) mass is 382 g/mol. The minimum atomic E-state index is -0.150. The van der Waals surface area contributed by atoms with E-state index in [0.29, 0.717) is 22.8 Å². The van der Waals surface area contributed by atoms with Crippen LogP contribution in [0.5, 0.6) is 17.2 Å². The van der Waals surface area contributed by atoms with Gasteiger partial charge >= 0.3 is 0 Å². The molecule has 3 rings (SSSR count). The maximum absolute atomic E-state index is 11.9. The number of ether oxygens (including phenoxy) is 3. The lowest BCUT2D eigenvalue weighted by Crippen LogP contribution is -2.27. The van der Waals surface area contributed by atoms with Crippen LogP contribution in [0.25, 0.3) is 10.9 Å². The molecule has 8 heteroatoms. The Morgan fingerprint density at radius 2 is 1.79 bits per heavy atom. The Balaban J connectivity index is 1.94. The molecular weight excluding hydrogens is 360 g/mol. The van der Waals surface area contributed by atoms with Crippen molar-refractivity contribution in [1.29, 1.82) is 0 Å². The van der Waals surface area contributed by atoms with E-state index in [4.69, 9.17) is 14.2 Å². The Morgan fingerprint density at radius 3 is 2.43 bits per heavy atom. The van der Waals surface area contributed by atoms with Gasteiger partial charge in [-0.05, 0) is 30.3 Å². The van der Waals surface area contributed by atoms with E-state index < -0.39 is 0 Å². The van der Waals surface area contributed by atoms with E-state index in [0.717, 1.165) is 16.8 Å². The van der Waals surface area contributed by atoms with Crippen LogP contribution in [0.3, 0.4) is 0 Å². The lowest BCUT2D eigenvalue weighted by molar-refractivity contribution is -0.130. The molecule has 0 aliphatic carbocycles. The molecule has 3 aromatic rings. The molecule has 0 aliphatic rings. The highest BCUT2D eigenvalue weighted by molar-refractivity contribution is 5.93. The summed E-state index contributed by atoms with van der Waals surface area (Å²) in [6.45, 7) is -0.0935. The predicted molar refractivity (Wildman–Crippen MR) is 107 cm³/mol. The average Bonchev–Trinajstić information content (AvgIpc) is 2.72. The number of hydrogen-bond acceptors (Lipinski definition) is 7. The first-order valence-electron chi connectivity index (χ1n) is 8.58. The van der Waals surface area contributed by atoms with Gasteiger partial charge < -0.3 is 24.4 Å². The zero-order valence-electron chi connectivity index (χ0n) is 16.2. The molecule has 0 atom stereocenters. The number of carbonyl (C=O) groups excluding carboxylic acids is 1. The normalized spacial score (nSPS) is 10.4. The minimum absolute atomic E-state index is 0.0935. The van der Waals surface area contributed by atoms with Crippen LogP contribution in [-0.2, 0) is 4.79 Å². The second-order valence-corrected chi connectivity index (χ2v) is 6.17. The highest BCUT2D eigenvalue weighted by Crippen LogP contribution is 2.34. The van der Waals surface area contributed by atoms with Crippen molar-refractivity contribution in [2.45, 2.75) is 0 Å². The van der Waals surface area contributed by atoms with Gasteiger partial charge in [0, 0.05) is 31.2 Å². The number of rotatable bonds is 7. The molecule has 0 fully saturated rings. The number of carbonyl (C=O) groups is 1. The number of benzene rings is 2. The Kier molecular flexibility index (Phi) is 5.78. The average molecular weight is 382 g/mol. The number of anilines is 2. The lowest BCUT2D eigenvalue weighted by atomic mass is 10.2. The topological polar surface area (TPSA) is 85.8 Å². The fourth-order valence-electron chi connectivity index (χ4n) is 2.52. The molecule has 1 amide bonds. The SMILES string of the molecule is COc1ccc(Nc2ncnc3cc(OC)c(OCC(=O)N(C)C)cc23)cc1. The van der Waals surface area contributed by atoms with Crippen molar-refractivity contribution in [3.05, 3.63) is 42.7 Å². The van der Waals surface area contributed by atoms with E-state index >= 15 is 0 Å². The Morgan fingerprint density at radius 1 is 1.04 bits per heavy atom. The number of nitrogens with zero attached hydrogens (tertiary/aromatic N) is 3. The predicted octanol–water partition coefficient (Wildman–Crippen LogP) is 2.86. The molecule has 0 spiro atoms. The fraction of sp³-hybridized carbons (Fsp3) is 0.250. The molecule has 0 saturated heterocycles. The highest BCUT2D eigenvalue weighted by Gasteiger charge is 2.14. The molecule has 0 unspecified atom stereocenters. The quantitative estimate of drug-likeness (QED) is 0.672. The van der Waals surface area contributed by atoms with Crippen LogP contribution >= 0.6 is 0 Å². The highest BCUT2D eigenvalue weighted by atomic mass is 16.5. The fourth-order valence-corrected chi connectivity index (χ4v) is 2.52. The van der Waals surface area contributed by atoms with Crippen molar-refractivity contribution >= 4 is 28.3 Å². The molecule has 1 N–H and O–H groups in total. The van der Waals surface area contributed by atoms with Crippen molar-refractivity contribution in [3.63, 3.8) is 0 Å². The summed E-state index contributed by atoms with van der Waals surface area (Å²) in [4.78, 5) is 22.0. The summed E-state index contributed by atoms with van der Waals surface area (Å²) >= 11 is 0. The summed E-state index contributed by atoms with van der Waals surface area (Å²) in [7, 11) is 6.51. The summed E-state index contributed by atoms with van der Waals surface area (Å²) in [5, 5.41) is 4.01. The van der Waals surface area contributed by atoms with E-state index in [1.54, 1.807) is 40.4 Å². The van der Waals surface area contributed by atoms with E-state index in [1.807, 2.05) is 24.3 Å². The molecule has 1 aromatic heterocycles. The third-order valence-corrected chi connectivity index (χ3v) is 4.12. The molecule has 28 heavy (non-hydrogen) atoms. The van der Waals surface area contributed by atoms with Crippen molar-refractivity contribution in [3.8, 4) is 17.2 Å². The van der Waals surface area contributed by atoms with Crippen molar-refractivity contribution in [2.24, 2.45) is 0 Å². The van der Waals surface area contributed by atoms with Crippen LogP contribution in [0.1, 0.15) is 0 Å². The number of nitrogens with one attached hydrogen (secondary N) is 1. The largest absolute Gasteiger partial charge is 0.497 e. The molecule has 8 nitrogen and oxygen atoms in total. The Bertz CT molecular complexity index is 974. The molecule has 1 heterocycles. The maximum atomic E-state index is 11.9.